The Balaban J connectivity index is 2.37. The van der Waals surface area contributed by atoms with E-state index in [0.29, 0.717) is 0 Å². The highest BCUT2D eigenvalue weighted by Gasteiger charge is 1.99. The molecule has 0 atom stereocenters. The van der Waals surface area contributed by atoms with Crippen molar-refractivity contribution in [2.24, 2.45) is 5.92 Å². The molecule has 0 aliphatic rings. The summed E-state index contributed by atoms with van der Waals surface area (Å²) in [4.78, 5) is 3.14. The van der Waals surface area contributed by atoms with Crippen molar-refractivity contribution in [3.63, 3.8) is 0 Å². The lowest BCUT2D eigenvalue weighted by Crippen LogP contribution is -1.92. The summed E-state index contributed by atoms with van der Waals surface area (Å²) in [5, 5.41) is 1.19. The lowest BCUT2D eigenvalue weighted by Gasteiger charge is -2.04. The molecule has 2 rings (SSSR count). The smallest absolute Gasteiger partial charge is 0.0460 e. The summed E-state index contributed by atoms with van der Waals surface area (Å²) in [6, 6.07) is 9.71. The number of aromatic amines is 1. The Kier molecular flexibility index (Phi) is 2.09. The minimum Gasteiger partial charge on any atom is -0.361 e. The van der Waals surface area contributed by atoms with Crippen LogP contribution in [0, 0.1) is 12.0 Å². The zero-order valence-electron chi connectivity index (χ0n) is 8.09. The molecule has 2 aromatic rings. The van der Waals surface area contributed by atoms with Crippen LogP contribution in [0.25, 0.3) is 10.9 Å². The van der Waals surface area contributed by atoms with Gasteiger partial charge in [0.2, 0.25) is 0 Å². The Labute approximate surface area is 78.8 Å². The first-order valence-electron chi connectivity index (χ1n) is 4.73. The molecule has 0 aliphatic heterocycles. The average molecular weight is 172 g/mol. The summed E-state index contributed by atoms with van der Waals surface area (Å²) in [7, 11) is 0. The second-order valence-electron chi connectivity index (χ2n) is 3.91. The van der Waals surface area contributed by atoms with E-state index in [-0.39, 0.29) is 0 Å². The minimum atomic E-state index is 0.719. The standard InChI is InChI=1S/C12H14N/c1-9(2)7-10-3-4-12-11(8-10)5-6-13-12/h3-4,6,8-9,13H,7H2,1-2H3. The van der Waals surface area contributed by atoms with Gasteiger partial charge >= 0.3 is 0 Å². The number of benzene rings is 1. The van der Waals surface area contributed by atoms with Crippen molar-refractivity contribution < 1.29 is 0 Å². The van der Waals surface area contributed by atoms with Gasteiger partial charge in [0, 0.05) is 23.2 Å². The van der Waals surface area contributed by atoms with Gasteiger partial charge in [-0.15, -0.1) is 0 Å². The molecule has 0 fully saturated rings. The van der Waals surface area contributed by atoms with Crippen LogP contribution in [0.5, 0.6) is 0 Å². The van der Waals surface area contributed by atoms with Crippen LogP contribution in [0.15, 0.2) is 24.4 Å². The first-order valence-corrected chi connectivity index (χ1v) is 4.73. The summed E-state index contributed by atoms with van der Waals surface area (Å²) in [5.74, 6) is 0.719. The zero-order valence-corrected chi connectivity index (χ0v) is 8.09. The number of hydrogen-bond acceptors (Lipinski definition) is 0. The van der Waals surface area contributed by atoms with Crippen LogP contribution < -0.4 is 0 Å². The van der Waals surface area contributed by atoms with Crippen molar-refractivity contribution in [2.75, 3.05) is 0 Å². The molecule has 0 saturated carbocycles. The molecule has 0 bridgehead atoms. The fraction of sp³-hybridized carbons (Fsp3) is 0.333. The molecule has 13 heavy (non-hydrogen) atoms. The Hall–Kier alpha value is -1.24. The molecule has 1 heteroatoms. The van der Waals surface area contributed by atoms with E-state index >= 15 is 0 Å². The van der Waals surface area contributed by atoms with Gasteiger partial charge in [-0.2, -0.15) is 0 Å². The number of aromatic nitrogens is 1. The van der Waals surface area contributed by atoms with E-state index in [1.54, 1.807) is 0 Å². The fourth-order valence-corrected chi connectivity index (χ4v) is 1.63. The van der Waals surface area contributed by atoms with Crippen LogP contribution in [0.2, 0.25) is 0 Å². The van der Waals surface area contributed by atoms with Gasteiger partial charge < -0.3 is 4.98 Å². The topological polar surface area (TPSA) is 15.8 Å². The summed E-state index contributed by atoms with van der Waals surface area (Å²) in [6.45, 7) is 4.48. The largest absolute Gasteiger partial charge is 0.361 e. The van der Waals surface area contributed by atoms with Crippen molar-refractivity contribution >= 4 is 10.9 Å². The molecule has 0 amide bonds. The maximum Gasteiger partial charge on any atom is 0.0460 e. The van der Waals surface area contributed by atoms with Crippen molar-refractivity contribution in [3.8, 4) is 0 Å². The lowest BCUT2D eigenvalue weighted by molar-refractivity contribution is 0.648. The van der Waals surface area contributed by atoms with Gasteiger partial charge in [0.05, 0.1) is 0 Å². The van der Waals surface area contributed by atoms with E-state index < -0.39 is 0 Å². The highest BCUT2D eigenvalue weighted by Crippen LogP contribution is 2.16. The molecular formula is C12H14N. The third kappa shape index (κ3) is 1.74. The second-order valence-corrected chi connectivity index (χ2v) is 3.91. The highest BCUT2D eigenvalue weighted by atomic mass is 14.7. The maximum atomic E-state index is 3.18. The Morgan fingerprint density at radius 3 is 3.00 bits per heavy atom. The van der Waals surface area contributed by atoms with Gasteiger partial charge in [-0.25, -0.2) is 0 Å². The van der Waals surface area contributed by atoms with Gasteiger partial charge in [0.15, 0.2) is 0 Å². The van der Waals surface area contributed by atoms with Crippen molar-refractivity contribution in [1.29, 1.82) is 0 Å². The van der Waals surface area contributed by atoms with Gasteiger partial charge in [-0.05, 0) is 30.0 Å². The number of H-pyrrole nitrogens is 1. The van der Waals surface area contributed by atoms with Gasteiger partial charge in [-0.3, -0.25) is 0 Å². The first-order chi connectivity index (χ1) is 6.25. The Morgan fingerprint density at radius 2 is 2.23 bits per heavy atom. The average Bonchev–Trinajstić information content (AvgIpc) is 2.49. The summed E-state index contributed by atoms with van der Waals surface area (Å²) < 4.78 is 0. The van der Waals surface area contributed by atoms with Crippen LogP contribution in [0.3, 0.4) is 0 Å². The highest BCUT2D eigenvalue weighted by molar-refractivity contribution is 5.79. The van der Waals surface area contributed by atoms with Crippen LogP contribution in [-0.4, -0.2) is 4.98 Å². The number of hydrogen-bond donors (Lipinski definition) is 1. The van der Waals surface area contributed by atoms with Crippen LogP contribution >= 0.6 is 0 Å². The molecule has 1 heterocycles. The molecule has 1 aromatic heterocycles. The predicted molar refractivity (Wildman–Crippen MR) is 55.7 cm³/mol. The summed E-state index contributed by atoms with van der Waals surface area (Å²) >= 11 is 0. The molecule has 1 aromatic carbocycles. The number of rotatable bonds is 2. The molecule has 0 aliphatic carbocycles. The van der Waals surface area contributed by atoms with E-state index in [1.807, 2.05) is 6.20 Å². The normalized spacial score (nSPS) is 11.3. The van der Waals surface area contributed by atoms with E-state index in [0.717, 1.165) is 12.3 Å². The molecule has 0 spiro atoms. The van der Waals surface area contributed by atoms with Gasteiger partial charge in [0.25, 0.3) is 0 Å². The third-order valence-electron chi connectivity index (χ3n) is 2.18. The predicted octanol–water partition coefficient (Wildman–Crippen LogP) is 3.17. The quantitative estimate of drug-likeness (QED) is 0.716. The third-order valence-corrected chi connectivity index (χ3v) is 2.18. The second kappa shape index (κ2) is 3.25. The summed E-state index contributed by atoms with van der Waals surface area (Å²) in [6.07, 6.45) is 3.01. The molecule has 1 radical (unpaired) electrons. The van der Waals surface area contributed by atoms with E-state index in [2.05, 4.69) is 43.1 Å². The molecule has 67 valence electrons. The molecular weight excluding hydrogens is 158 g/mol. The van der Waals surface area contributed by atoms with Crippen LogP contribution in [-0.2, 0) is 6.42 Å². The molecule has 0 saturated heterocycles. The molecule has 0 unspecified atom stereocenters. The SMILES string of the molecule is CC(C)Cc1ccc2[nH]c[c]c2c1. The van der Waals surface area contributed by atoms with Crippen LogP contribution in [0.1, 0.15) is 19.4 Å². The maximum absolute atomic E-state index is 3.18. The van der Waals surface area contributed by atoms with Crippen molar-refractivity contribution in [3.05, 3.63) is 36.0 Å². The Bertz CT molecular complexity index is 398. The fourth-order valence-electron chi connectivity index (χ4n) is 1.63. The molecule has 1 nitrogen and oxygen atoms in total. The van der Waals surface area contributed by atoms with Crippen molar-refractivity contribution in [2.45, 2.75) is 20.3 Å². The number of nitrogens with one attached hydrogen (secondary N) is 1. The Morgan fingerprint density at radius 1 is 1.38 bits per heavy atom. The van der Waals surface area contributed by atoms with E-state index in [1.165, 1.54) is 16.5 Å². The van der Waals surface area contributed by atoms with Crippen molar-refractivity contribution in [1.82, 2.24) is 4.98 Å². The first kappa shape index (κ1) is 8.36. The molecule has 1 N–H and O–H groups in total. The van der Waals surface area contributed by atoms with Gasteiger partial charge in [0.1, 0.15) is 0 Å². The minimum absolute atomic E-state index is 0.719. The number of fused-ring (bicyclic) bond motifs is 1. The zero-order chi connectivity index (χ0) is 9.26. The van der Waals surface area contributed by atoms with E-state index in [9.17, 15) is 0 Å². The lowest BCUT2D eigenvalue weighted by atomic mass is 10.0. The van der Waals surface area contributed by atoms with Gasteiger partial charge in [-0.1, -0.05) is 19.9 Å². The summed E-state index contributed by atoms with van der Waals surface area (Å²) in [5.41, 5.74) is 2.57. The monoisotopic (exact) mass is 172 g/mol. The van der Waals surface area contributed by atoms with E-state index in [4.69, 9.17) is 0 Å². The van der Waals surface area contributed by atoms with Crippen LogP contribution in [0.4, 0.5) is 0 Å².